The van der Waals surface area contributed by atoms with E-state index in [2.05, 4.69) is 30.5 Å². The molecule has 0 rings (SSSR count). The Kier molecular flexibility index (Phi) is 39.0. The number of unbranched alkanes of at least 4 members (excludes halogenated alkanes) is 26. The minimum Gasteiger partial charge on any atom is -0.462 e. The topological polar surface area (TPSA) is 149 Å². The van der Waals surface area contributed by atoms with Gasteiger partial charge in [0.05, 0.1) is 19.8 Å². The van der Waals surface area contributed by atoms with Crippen LogP contribution in [0.2, 0.25) is 0 Å². The number of rotatable bonds is 42. The van der Waals surface area contributed by atoms with Gasteiger partial charge in [-0.2, -0.15) is 0 Å². The van der Waals surface area contributed by atoms with Crippen molar-refractivity contribution in [3.63, 3.8) is 0 Å². The predicted molar refractivity (Wildman–Crippen MR) is 219 cm³/mol. The summed E-state index contributed by atoms with van der Waals surface area (Å²) in [6.45, 7) is 2.33. The molecule has 54 heavy (non-hydrogen) atoms. The van der Waals surface area contributed by atoms with Gasteiger partial charge < -0.3 is 24.6 Å². The lowest BCUT2D eigenvalue weighted by atomic mass is 10.0. The van der Waals surface area contributed by atoms with Crippen molar-refractivity contribution in [2.24, 2.45) is 0 Å². The number of hydrogen-bond acceptors (Lipinski definition) is 9. The molecule has 0 saturated heterocycles. The third-order valence-corrected chi connectivity index (χ3v) is 10.6. The number of esters is 2. The first kappa shape index (κ1) is 52.7. The van der Waals surface area contributed by atoms with Crippen molar-refractivity contribution in [2.45, 2.75) is 225 Å². The van der Waals surface area contributed by atoms with Crippen LogP contribution >= 0.6 is 7.82 Å². The van der Waals surface area contributed by atoms with Gasteiger partial charge in [0.15, 0.2) is 6.10 Å². The van der Waals surface area contributed by atoms with Gasteiger partial charge in [-0.1, -0.05) is 180 Å². The maximum absolute atomic E-state index is 12.5. The third-order valence-electron chi connectivity index (χ3n) is 9.65. The van der Waals surface area contributed by atoms with Crippen LogP contribution in [0.25, 0.3) is 0 Å². The van der Waals surface area contributed by atoms with E-state index in [9.17, 15) is 24.2 Å². The Bertz CT molecular complexity index is 915. The Morgan fingerprint density at radius 2 is 0.944 bits per heavy atom. The Balaban J connectivity index is 4.12. The Morgan fingerprint density at radius 1 is 0.537 bits per heavy atom. The van der Waals surface area contributed by atoms with E-state index in [1.54, 1.807) is 0 Å². The van der Waals surface area contributed by atoms with Gasteiger partial charge in [0.1, 0.15) is 12.7 Å². The second-order valence-electron chi connectivity index (χ2n) is 15.1. The number of phosphoric acid groups is 1. The molecule has 0 fully saturated rings. The fourth-order valence-corrected chi connectivity index (χ4v) is 7.02. The van der Waals surface area contributed by atoms with E-state index in [0.717, 1.165) is 64.2 Å². The molecule has 0 amide bonds. The summed E-state index contributed by atoms with van der Waals surface area (Å²) in [7, 11) is -4.61. The van der Waals surface area contributed by atoms with Gasteiger partial charge in [0.25, 0.3) is 0 Å². The molecule has 0 aromatic heterocycles. The first-order chi connectivity index (χ1) is 26.2. The molecule has 320 valence electrons. The van der Waals surface area contributed by atoms with Gasteiger partial charge in [-0.05, 0) is 32.1 Å². The average Bonchev–Trinajstić information content (AvgIpc) is 3.16. The molecule has 0 heterocycles. The van der Waals surface area contributed by atoms with E-state index in [1.807, 2.05) is 0 Å². The summed E-state index contributed by atoms with van der Waals surface area (Å²) in [6.07, 6.45) is 37.7. The van der Waals surface area contributed by atoms with Crippen LogP contribution in [-0.2, 0) is 32.7 Å². The number of aliphatic hydroxyl groups excluding tert-OH is 2. The molecule has 3 N–H and O–H groups in total. The highest BCUT2D eigenvalue weighted by Crippen LogP contribution is 2.43. The van der Waals surface area contributed by atoms with Gasteiger partial charge in [-0.15, -0.1) is 0 Å². The minimum absolute atomic E-state index is 0.177. The molecule has 0 aliphatic rings. The summed E-state index contributed by atoms with van der Waals surface area (Å²) in [5, 5.41) is 18.3. The van der Waals surface area contributed by atoms with Crippen LogP contribution in [0.4, 0.5) is 0 Å². The lowest BCUT2D eigenvalue weighted by molar-refractivity contribution is -0.161. The van der Waals surface area contributed by atoms with E-state index in [4.69, 9.17) is 19.1 Å². The molecular formula is C43H83O10P. The number of carbonyl (C=O) groups is 2. The Hall–Kier alpha value is -1.29. The number of phosphoric ester groups is 1. The predicted octanol–water partition coefficient (Wildman–Crippen LogP) is 11.6. The fraction of sp³-hybridized carbons (Fsp3) is 0.907. The molecule has 0 aromatic carbocycles. The average molecular weight is 791 g/mol. The van der Waals surface area contributed by atoms with E-state index < -0.39 is 51.8 Å². The van der Waals surface area contributed by atoms with Crippen LogP contribution < -0.4 is 0 Å². The molecule has 0 spiro atoms. The molecule has 0 aromatic rings. The fourth-order valence-electron chi connectivity index (χ4n) is 6.23. The summed E-state index contributed by atoms with van der Waals surface area (Å²) in [5.41, 5.74) is 0. The lowest BCUT2D eigenvalue weighted by Gasteiger charge is -2.20. The largest absolute Gasteiger partial charge is 0.472 e. The standard InChI is InChI=1S/C43H83O10P/c1-3-5-7-9-11-13-15-16-17-18-19-20-21-22-23-24-25-27-28-30-32-34-42(46)50-38-41(39-52-54(48,49)51-37-40(45)36-44)53-43(47)35-33-31-29-26-14-12-10-8-6-4-2/h8,10,40-41,44-45H,3-7,9,11-39H2,1-2H3,(H,48,49)/b10-8-. The quantitative estimate of drug-likeness (QED) is 0.0236. The van der Waals surface area contributed by atoms with Crippen LogP contribution in [0.5, 0.6) is 0 Å². The smallest absolute Gasteiger partial charge is 0.462 e. The van der Waals surface area contributed by atoms with Crippen molar-refractivity contribution in [3.05, 3.63) is 12.2 Å². The van der Waals surface area contributed by atoms with Crippen LogP contribution in [-0.4, -0.2) is 65.7 Å². The molecule has 0 saturated carbocycles. The summed E-state index contributed by atoms with van der Waals surface area (Å²) < 4.78 is 32.6. The highest BCUT2D eigenvalue weighted by Gasteiger charge is 2.27. The number of allylic oxidation sites excluding steroid dienone is 2. The molecule has 0 bridgehead atoms. The lowest BCUT2D eigenvalue weighted by Crippen LogP contribution is -2.29. The van der Waals surface area contributed by atoms with Crippen LogP contribution in [0, 0.1) is 0 Å². The normalized spacial score (nSPS) is 13.9. The molecular weight excluding hydrogens is 707 g/mol. The summed E-state index contributed by atoms with van der Waals surface area (Å²) >= 11 is 0. The molecule has 0 aliphatic carbocycles. The molecule has 11 heteroatoms. The molecule has 0 aliphatic heterocycles. The number of ether oxygens (including phenoxy) is 2. The Labute approximate surface area is 330 Å². The van der Waals surface area contributed by atoms with Gasteiger partial charge in [0.2, 0.25) is 0 Å². The van der Waals surface area contributed by atoms with Crippen molar-refractivity contribution in [2.75, 3.05) is 26.4 Å². The van der Waals surface area contributed by atoms with Crippen LogP contribution in [0.15, 0.2) is 12.2 Å². The van der Waals surface area contributed by atoms with E-state index in [-0.39, 0.29) is 19.4 Å². The SMILES string of the molecule is CCC/C=C\CCCCCCCC(=O)OC(COC(=O)CCCCCCCCCCCCCCCCCCCCCCC)COP(=O)(O)OCC(O)CO. The van der Waals surface area contributed by atoms with Crippen molar-refractivity contribution in [1.82, 2.24) is 0 Å². The number of carbonyl (C=O) groups excluding carboxylic acids is 2. The maximum atomic E-state index is 12.5. The first-order valence-electron chi connectivity index (χ1n) is 22.1. The van der Waals surface area contributed by atoms with Crippen LogP contribution in [0.1, 0.15) is 213 Å². The first-order valence-corrected chi connectivity index (χ1v) is 23.6. The highest BCUT2D eigenvalue weighted by atomic mass is 31.2. The Morgan fingerprint density at radius 3 is 1.41 bits per heavy atom. The van der Waals surface area contributed by atoms with Crippen molar-refractivity contribution < 1.29 is 47.8 Å². The molecule has 3 atom stereocenters. The van der Waals surface area contributed by atoms with Gasteiger partial charge in [-0.25, -0.2) is 4.57 Å². The summed E-state index contributed by atoms with van der Waals surface area (Å²) in [5.74, 6) is -0.927. The zero-order valence-corrected chi connectivity index (χ0v) is 35.6. The molecule has 10 nitrogen and oxygen atoms in total. The number of hydrogen-bond donors (Lipinski definition) is 3. The summed E-state index contributed by atoms with van der Waals surface area (Å²) in [4.78, 5) is 34.9. The molecule has 0 radical (unpaired) electrons. The van der Waals surface area contributed by atoms with Crippen molar-refractivity contribution in [1.29, 1.82) is 0 Å². The zero-order chi connectivity index (χ0) is 39.8. The van der Waals surface area contributed by atoms with Crippen LogP contribution in [0.3, 0.4) is 0 Å². The van der Waals surface area contributed by atoms with Gasteiger partial charge >= 0.3 is 19.8 Å². The number of aliphatic hydroxyl groups is 2. The van der Waals surface area contributed by atoms with Gasteiger partial charge in [0, 0.05) is 12.8 Å². The summed E-state index contributed by atoms with van der Waals surface area (Å²) in [6, 6.07) is 0. The van der Waals surface area contributed by atoms with E-state index in [1.165, 1.54) is 109 Å². The third kappa shape index (κ3) is 39.0. The monoisotopic (exact) mass is 791 g/mol. The second kappa shape index (κ2) is 39.9. The zero-order valence-electron chi connectivity index (χ0n) is 34.7. The van der Waals surface area contributed by atoms with Crippen molar-refractivity contribution >= 4 is 19.8 Å². The second-order valence-corrected chi connectivity index (χ2v) is 16.5. The minimum atomic E-state index is -4.61. The highest BCUT2D eigenvalue weighted by molar-refractivity contribution is 7.47. The van der Waals surface area contributed by atoms with Crippen molar-refractivity contribution in [3.8, 4) is 0 Å². The maximum Gasteiger partial charge on any atom is 0.472 e. The van der Waals surface area contributed by atoms with Gasteiger partial charge in [-0.3, -0.25) is 18.6 Å². The van der Waals surface area contributed by atoms with E-state index in [0.29, 0.717) is 12.8 Å². The van der Waals surface area contributed by atoms with E-state index >= 15 is 0 Å². The molecule has 3 unspecified atom stereocenters.